The molecule has 0 saturated carbocycles. The molecule has 6 nitrogen and oxygen atoms in total. The van der Waals surface area contributed by atoms with Crippen molar-refractivity contribution in [3.8, 4) is 11.5 Å². The molecule has 2 aromatic rings. The number of Topliss-reactive ketones (excluding diaryl/α,β-unsaturated/α-hetero) is 1. The number of hydrogen-bond acceptors (Lipinski definition) is 5. The summed E-state index contributed by atoms with van der Waals surface area (Å²) in [6, 6.07) is 13.2. The molecule has 126 valence electrons. The van der Waals surface area contributed by atoms with Crippen LogP contribution in [0.2, 0.25) is 0 Å². The van der Waals surface area contributed by atoms with Gasteiger partial charge >= 0.3 is 0 Å². The lowest BCUT2D eigenvalue weighted by Gasteiger charge is -2.14. The van der Waals surface area contributed by atoms with Crippen molar-refractivity contribution in [1.29, 1.82) is 0 Å². The molecule has 2 amide bonds. The van der Waals surface area contributed by atoms with E-state index in [1.165, 1.54) is 12.2 Å². The van der Waals surface area contributed by atoms with Crippen molar-refractivity contribution >= 4 is 23.3 Å². The Balaban J connectivity index is 1.61. The van der Waals surface area contributed by atoms with Crippen LogP contribution in [0.3, 0.4) is 0 Å². The largest absolute Gasteiger partial charge is 0.497 e. The molecule has 0 fully saturated rings. The van der Waals surface area contributed by atoms with E-state index in [-0.39, 0.29) is 24.2 Å². The quantitative estimate of drug-likeness (QED) is 0.598. The van der Waals surface area contributed by atoms with E-state index in [2.05, 4.69) is 0 Å². The Kier molecular flexibility index (Phi) is 4.61. The van der Waals surface area contributed by atoms with E-state index >= 15 is 0 Å². The Bertz CT molecular complexity index is 819. The lowest BCUT2D eigenvalue weighted by atomic mass is 10.1. The summed E-state index contributed by atoms with van der Waals surface area (Å²) in [6.07, 6.45) is 2.44. The smallest absolute Gasteiger partial charge is 0.258 e. The second kappa shape index (κ2) is 7.00. The zero-order valence-electron chi connectivity index (χ0n) is 13.5. The standard InChI is InChI=1S/C19H15NO5/c1-24-15-6-2-13(3-7-15)17(21)12-25-16-8-4-14(5-9-16)20-18(22)10-11-19(20)23/h2-11H,12H2,1H3. The predicted molar refractivity (Wildman–Crippen MR) is 90.9 cm³/mol. The van der Waals surface area contributed by atoms with Gasteiger partial charge < -0.3 is 9.47 Å². The first-order valence-corrected chi connectivity index (χ1v) is 7.55. The molecule has 0 spiro atoms. The fourth-order valence-corrected chi connectivity index (χ4v) is 2.36. The Morgan fingerprint density at radius 2 is 1.44 bits per heavy atom. The molecule has 0 saturated heterocycles. The maximum absolute atomic E-state index is 12.1. The number of hydrogen-bond donors (Lipinski definition) is 0. The highest BCUT2D eigenvalue weighted by Crippen LogP contribution is 2.22. The fraction of sp³-hybridized carbons (Fsp3) is 0.105. The molecule has 0 aromatic heterocycles. The first-order chi connectivity index (χ1) is 12.1. The Morgan fingerprint density at radius 1 is 0.880 bits per heavy atom. The first kappa shape index (κ1) is 16.4. The van der Waals surface area contributed by atoms with Gasteiger partial charge in [-0.1, -0.05) is 0 Å². The molecule has 0 atom stereocenters. The molecular formula is C19H15NO5. The molecule has 1 heterocycles. The number of ether oxygens (including phenoxy) is 2. The van der Waals surface area contributed by atoms with E-state index in [0.29, 0.717) is 22.7 Å². The van der Waals surface area contributed by atoms with E-state index in [1.807, 2.05) is 0 Å². The third-order valence-electron chi connectivity index (χ3n) is 3.69. The van der Waals surface area contributed by atoms with Crippen LogP contribution >= 0.6 is 0 Å². The van der Waals surface area contributed by atoms with Gasteiger partial charge in [-0.2, -0.15) is 0 Å². The second-order valence-electron chi connectivity index (χ2n) is 5.28. The molecule has 2 aromatic carbocycles. The van der Waals surface area contributed by atoms with Gasteiger partial charge in [0.05, 0.1) is 12.8 Å². The van der Waals surface area contributed by atoms with Crippen LogP contribution < -0.4 is 14.4 Å². The summed E-state index contributed by atoms with van der Waals surface area (Å²) in [5, 5.41) is 0. The number of rotatable bonds is 6. The first-order valence-electron chi connectivity index (χ1n) is 7.55. The van der Waals surface area contributed by atoms with E-state index < -0.39 is 0 Å². The maximum atomic E-state index is 12.1. The second-order valence-corrected chi connectivity index (χ2v) is 5.28. The number of carbonyl (C=O) groups is 3. The van der Waals surface area contributed by atoms with Crippen molar-refractivity contribution in [3.05, 3.63) is 66.2 Å². The molecule has 1 aliphatic heterocycles. The molecule has 25 heavy (non-hydrogen) atoms. The lowest BCUT2D eigenvalue weighted by molar-refractivity contribution is -0.119. The molecule has 0 aliphatic carbocycles. The Hall–Kier alpha value is -3.41. The SMILES string of the molecule is COc1ccc(C(=O)COc2ccc(N3C(=O)C=CC3=O)cc2)cc1. The van der Waals surface area contributed by atoms with Gasteiger partial charge in [-0.15, -0.1) is 0 Å². The third kappa shape index (κ3) is 3.58. The minimum absolute atomic E-state index is 0.116. The number of methoxy groups -OCH3 is 1. The molecule has 0 bridgehead atoms. The van der Waals surface area contributed by atoms with Gasteiger partial charge in [0.15, 0.2) is 12.4 Å². The van der Waals surface area contributed by atoms with Gasteiger partial charge in [-0.25, -0.2) is 4.90 Å². The summed E-state index contributed by atoms with van der Waals surface area (Å²) in [6.45, 7) is -0.116. The zero-order valence-corrected chi connectivity index (χ0v) is 13.5. The van der Waals surface area contributed by atoms with Gasteiger partial charge in [-0.05, 0) is 48.5 Å². The van der Waals surface area contributed by atoms with Crippen LogP contribution in [0.15, 0.2) is 60.7 Å². The average Bonchev–Trinajstić information content (AvgIpc) is 2.98. The van der Waals surface area contributed by atoms with Crippen LogP contribution in [-0.4, -0.2) is 31.3 Å². The lowest BCUT2D eigenvalue weighted by Crippen LogP contribution is -2.29. The summed E-state index contributed by atoms with van der Waals surface area (Å²) < 4.78 is 10.5. The summed E-state index contributed by atoms with van der Waals surface area (Å²) >= 11 is 0. The molecule has 0 unspecified atom stereocenters. The number of anilines is 1. The minimum atomic E-state index is -0.381. The Morgan fingerprint density at radius 3 is 2.00 bits per heavy atom. The summed E-state index contributed by atoms with van der Waals surface area (Å²) in [5.74, 6) is 0.216. The summed E-state index contributed by atoms with van der Waals surface area (Å²) in [4.78, 5) is 36.4. The monoisotopic (exact) mass is 337 g/mol. The number of imide groups is 1. The predicted octanol–water partition coefficient (Wildman–Crippen LogP) is 2.39. The summed E-state index contributed by atoms with van der Waals surface area (Å²) in [5.41, 5.74) is 0.977. The maximum Gasteiger partial charge on any atom is 0.258 e. The van der Waals surface area contributed by atoms with E-state index in [4.69, 9.17) is 9.47 Å². The third-order valence-corrected chi connectivity index (χ3v) is 3.69. The van der Waals surface area contributed by atoms with Crippen LogP contribution in [0, 0.1) is 0 Å². The zero-order chi connectivity index (χ0) is 17.8. The van der Waals surface area contributed by atoms with Crippen LogP contribution in [0.5, 0.6) is 11.5 Å². The number of benzene rings is 2. The van der Waals surface area contributed by atoms with Gasteiger partial charge in [0.2, 0.25) is 0 Å². The van der Waals surface area contributed by atoms with E-state index in [1.54, 1.807) is 55.6 Å². The van der Waals surface area contributed by atoms with Crippen LogP contribution in [0.25, 0.3) is 0 Å². The Labute approximate surface area is 144 Å². The highest BCUT2D eigenvalue weighted by Gasteiger charge is 2.24. The van der Waals surface area contributed by atoms with Gasteiger partial charge in [0.1, 0.15) is 11.5 Å². The molecule has 1 aliphatic rings. The highest BCUT2D eigenvalue weighted by molar-refractivity contribution is 6.28. The van der Waals surface area contributed by atoms with Crippen molar-refractivity contribution < 1.29 is 23.9 Å². The van der Waals surface area contributed by atoms with Crippen molar-refractivity contribution in [3.63, 3.8) is 0 Å². The molecule has 3 rings (SSSR count). The van der Waals surface area contributed by atoms with Gasteiger partial charge in [0, 0.05) is 17.7 Å². The number of carbonyl (C=O) groups excluding carboxylic acids is 3. The average molecular weight is 337 g/mol. The molecular weight excluding hydrogens is 322 g/mol. The van der Waals surface area contributed by atoms with Crippen LogP contribution in [-0.2, 0) is 9.59 Å². The topological polar surface area (TPSA) is 72.9 Å². The van der Waals surface area contributed by atoms with Gasteiger partial charge in [0.25, 0.3) is 11.8 Å². The highest BCUT2D eigenvalue weighted by atomic mass is 16.5. The molecule has 0 radical (unpaired) electrons. The van der Waals surface area contributed by atoms with Crippen molar-refractivity contribution in [2.45, 2.75) is 0 Å². The van der Waals surface area contributed by atoms with Gasteiger partial charge in [-0.3, -0.25) is 14.4 Å². The van der Waals surface area contributed by atoms with E-state index in [0.717, 1.165) is 4.90 Å². The van der Waals surface area contributed by atoms with Crippen LogP contribution in [0.4, 0.5) is 5.69 Å². The number of ketones is 1. The fourth-order valence-electron chi connectivity index (χ4n) is 2.36. The van der Waals surface area contributed by atoms with Crippen LogP contribution in [0.1, 0.15) is 10.4 Å². The minimum Gasteiger partial charge on any atom is -0.497 e. The molecule has 6 heteroatoms. The number of nitrogens with zero attached hydrogens (tertiary/aromatic N) is 1. The van der Waals surface area contributed by atoms with Crippen molar-refractivity contribution in [2.24, 2.45) is 0 Å². The van der Waals surface area contributed by atoms with E-state index in [9.17, 15) is 14.4 Å². The van der Waals surface area contributed by atoms with Crippen molar-refractivity contribution in [1.82, 2.24) is 0 Å². The number of amides is 2. The summed E-state index contributed by atoms with van der Waals surface area (Å²) in [7, 11) is 1.56. The normalized spacial score (nSPS) is 13.2. The van der Waals surface area contributed by atoms with Crippen molar-refractivity contribution in [2.75, 3.05) is 18.6 Å². The molecule has 0 N–H and O–H groups in total.